The molecule has 3 heterocycles. The summed E-state index contributed by atoms with van der Waals surface area (Å²) < 4.78 is 5.63. The summed E-state index contributed by atoms with van der Waals surface area (Å²) in [6.45, 7) is 7.63. The molecule has 0 aliphatic carbocycles. The summed E-state index contributed by atoms with van der Waals surface area (Å²) in [5.41, 5.74) is 1.91. The summed E-state index contributed by atoms with van der Waals surface area (Å²) >= 11 is 6.04. The Kier molecular flexibility index (Phi) is 4.85. The molecule has 2 saturated heterocycles. The molecule has 2 aromatic rings. The van der Waals surface area contributed by atoms with Gasteiger partial charge in [0.1, 0.15) is 6.26 Å². The molecule has 2 aliphatic rings. The molecular formula is C18H23ClN4O. The first-order valence-corrected chi connectivity index (χ1v) is 9.03. The van der Waals surface area contributed by atoms with Crippen LogP contribution in [0.5, 0.6) is 0 Å². The molecule has 2 aliphatic heterocycles. The van der Waals surface area contributed by atoms with Gasteiger partial charge in [-0.3, -0.25) is 9.80 Å². The van der Waals surface area contributed by atoms with Crippen molar-refractivity contribution in [3.05, 3.63) is 41.2 Å². The van der Waals surface area contributed by atoms with Gasteiger partial charge in [0.2, 0.25) is 5.89 Å². The van der Waals surface area contributed by atoms with E-state index in [1.54, 1.807) is 6.26 Å². The molecule has 4 rings (SSSR count). The van der Waals surface area contributed by atoms with Gasteiger partial charge in [0, 0.05) is 55.9 Å². The average molecular weight is 347 g/mol. The number of nitrogens with zero attached hydrogens (tertiary/aromatic N) is 3. The topological polar surface area (TPSA) is 44.5 Å². The quantitative estimate of drug-likeness (QED) is 0.921. The fraction of sp³-hybridized carbons (Fsp3) is 0.500. The van der Waals surface area contributed by atoms with E-state index in [2.05, 4.69) is 20.1 Å². The number of hydrogen-bond acceptors (Lipinski definition) is 5. The van der Waals surface area contributed by atoms with Gasteiger partial charge in [-0.05, 0) is 31.2 Å². The molecule has 0 spiro atoms. The van der Waals surface area contributed by atoms with E-state index in [0.29, 0.717) is 10.9 Å². The van der Waals surface area contributed by atoms with Gasteiger partial charge in [-0.15, -0.1) is 0 Å². The third-order valence-corrected chi connectivity index (χ3v) is 5.20. The summed E-state index contributed by atoms with van der Waals surface area (Å²) in [7, 11) is 0. The summed E-state index contributed by atoms with van der Waals surface area (Å²) in [5, 5.41) is 4.15. The Morgan fingerprint density at radius 2 is 2.12 bits per heavy atom. The smallest absolute Gasteiger partial charge is 0.226 e. The molecule has 0 saturated carbocycles. The fourth-order valence-corrected chi connectivity index (χ4v) is 3.79. The van der Waals surface area contributed by atoms with Gasteiger partial charge in [-0.25, -0.2) is 4.98 Å². The predicted molar refractivity (Wildman–Crippen MR) is 95.1 cm³/mol. The summed E-state index contributed by atoms with van der Waals surface area (Å²) in [4.78, 5) is 9.70. The molecule has 24 heavy (non-hydrogen) atoms. The van der Waals surface area contributed by atoms with Crippen LogP contribution in [0.3, 0.4) is 0 Å². The molecule has 1 atom stereocenters. The van der Waals surface area contributed by atoms with Gasteiger partial charge in [0.15, 0.2) is 0 Å². The van der Waals surface area contributed by atoms with Crippen LogP contribution in [0.1, 0.15) is 12.1 Å². The Bertz CT molecular complexity index is 675. The Hall–Kier alpha value is -1.40. The largest absolute Gasteiger partial charge is 0.444 e. The second-order valence-corrected chi connectivity index (χ2v) is 7.05. The van der Waals surface area contributed by atoms with Crippen molar-refractivity contribution in [1.82, 2.24) is 20.1 Å². The zero-order valence-corrected chi connectivity index (χ0v) is 14.5. The molecule has 6 heteroatoms. The minimum Gasteiger partial charge on any atom is -0.444 e. The molecule has 0 radical (unpaired) electrons. The molecule has 0 amide bonds. The highest BCUT2D eigenvalue weighted by Crippen LogP contribution is 2.22. The highest BCUT2D eigenvalue weighted by atomic mass is 35.5. The standard InChI is InChI=1S/C18H23ClN4O/c19-15-3-1-2-14(10-15)18-21-16(13-24-18)12-22-6-8-23(9-7-22)17-4-5-20-11-17/h1-3,10,13,17,20H,4-9,11-12H2. The van der Waals surface area contributed by atoms with Gasteiger partial charge in [0.25, 0.3) is 0 Å². The maximum atomic E-state index is 6.04. The lowest BCUT2D eigenvalue weighted by molar-refractivity contribution is 0.0973. The monoisotopic (exact) mass is 346 g/mol. The number of hydrogen-bond donors (Lipinski definition) is 1. The van der Waals surface area contributed by atoms with E-state index in [-0.39, 0.29) is 0 Å². The number of benzene rings is 1. The number of oxazole rings is 1. The minimum atomic E-state index is 0.642. The number of nitrogens with one attached hydrogen (secondary N) is 1. The second kappa shape index (κ2) is 7.23. The third-order valence-electron chi connectivity index (χ3n) is 4.97. The first kappa shape index (κ1) is 16.1. The van der Waals surface area contributed by atoms with Crippen molar-refractivity contribution in [3.63, 3.8) is 0 Å². The van der Waals surface area contributed by atoms with Gasteiger partial charge in [-0.1, -0.05) is 17.7 Å². The molecule has 5 nitrogen and oxygen atoms in total. The zero-order chi connectivity index (χ0) is 16.4. The van der Waals surface area contributed by atoms with Crippen molar-refractivity contribution in [2.75, 3.05) is 39.3 Å². The maximum Gasteiger partial charge on any atom is 0.226 e. The molecular weight excluding hydrogens is 324 g/mol. The highest BCUT2D eigenvalue weighted by Gasteiger charge is 2.26. The van der Waals surface area contributed by atoms with Crippen molar-refractivity contribution in [2.45, 2.75) is 19.0 Å². The van der Waals surface area contributed by atoms with Gasteiger partial charge < -0.3 is 9.73 Å². The highest BCUT2D eigenvalue weighted by molar-refractivity contribution is 6.30. The van der Waals surface area contributed by atoms with Crippen LogP contribution >= 0.6 is 11.6 Å². The van der Waals surface area contributed by atoms with E-state index in [4.69, 9.17) is 16.0 Å². The lowest BCUT2D eigenvalue weighted by Gasteiger charge is -2.37. The molecule has 2 fully saturated rings. The molecule has 0 bridgehead atoms. The first-order chi connectivity index (χ1) is 11.8. The van der Waals surface area contributed by atoms with Crippen LogP contribution in [0.25, 0.3) is 11.5 Å². The van der Waals surface area contributed by atoms with Crippen LogP contribution in [0, 0.1) is 0 Å². The average Bonchev–Trinajstić information content (AvgIpc) is 3.27. The second-order valence-electron chi connectivity index (χ2n) is 6.61. The van der Waals surface area contributed by atoms with Crippen molar-refractivity contribution in [3.8, 4) is 11.5 Å². The number of aromatic nitrogens is 1. The number of halogens is 1. The minimum absolute atomic E-state index is 0.642. The molecule has 1 N–H and O–H groups in total. The van der Waals surface area contributed by atoms with Gasteiger partial charge in [0.05, 0.1) is 5.69 Å². The van der Waals surface area contributed by atoms with E-state index >= 15 is 0 Å². The van der Waals surface area contributed by atoms with Crippen LogP contribution < -0.4 is 5.32 Å². The molecule has 128 valence electrons. The van der Waals surface area contributed by atoms with Gasteiger partial charge in [-0.2, -0.15) is 0 Å². The van der Waals surface area contributed by atoms with Gasteiger partial charge >= 0.3 is 0 Å². The van der Waals surface area contributed by atoms with E-state index in [0.717, 1.165) is 63.1 Å². The first-order valence-electron chi connectivity index (χ1n) is 8.65. The van der Waals surface area contributed by atoms with Crippen LogP contribution in [-0.2, 0) is 6.54 Å². The zero-order valence-electron chi connectivity index (χ0n) is 13.7. The SMILES string of the molecule is Clc1cccc(-c2nc(CN3CCN(C4CCNC4)CC3)co2)c1. The molecule has 1 unspecified atom stereocenters. The molecule has 1 aromatic carbocycles. The van der Waals surface area contributed by atoms with Crippen LogP contribution in [-0.4, -0.2) is 60.1 Å². The van der Waals surface area contributed by atoms with E-state index in [9.17, 15) is 0 Å². The van der Waals surface area contributed by atoms with Crippen LogP contribution in [0.15, 0.2) is 34.9 Å². The number of piperazine rings is 1. The predicted octanol–water partition coefficient (Wildman–Crippen LogP) is 2.47. The van der Waals surface area contributed by atoms with Crippen molar-refractivity contribution >= 4 is 11.6 Å². The van der Waals surface area contributed by atoms with Crippen molar-refractivity contribution in [2.24, 2.45) is 0 Å². The lowest BCUT2D eigenvalue weighted by Crippen LogP contribution is -2.50. The lowest BCUT2D eigenvalue weighted by atomic mass is 10.2. The normalized spacial score (nSPS) is 23.0. The van der Waals surface area contributed by atoms with Crippen molar-refractivity contribution in [1.29, 1.82) is 0 Å². The van der Waals surface area contributed by atoms with E-state index < -0.39 is 0 Å². The van der Waals surface area contributed by atoms with E-state index in [1.807, 2.05) is 24.3 Å². The maximum absolute atomic E-state index is 6.04. The van der Waals surface area contributed by atoms with E-state index in [1.165, 1.54) is 6.42 Å². The third kappa shape index (κ3) is 3.64. The Morgan fingerprint density at radius 3 is 2.88 bits per heavy atom. The summed E-state index contributed by atoms with van der Waals surface area (Å²) in [6.07, 6.45) is 3.05. The summed E-state index contributed by atoms with van der Waals surface area (Å²) in [6, 6.07) is 8.35. The Labute approximate surface area is 147 Å². The number of rotatable bonds is 4. The van der Waals surface area contributed by atoms with Crippen LogP contribution in [0.4, 0.5) is 0 Å². The summed E-state index contributed by atoms with van der Waals surface area (Å²) in [5.74, 6) is 0.642. The molecule has 1 aromatic heterocycles. The Balaban J connectivity index is 1.33. The fourth-order valence-electron chi connectivity index (χ4n) is 3.60. The Morgan fingerprint density at radius 1 is 1.25 bits per heavy atom. The van der Waals surface area contributed by atoms with Crippen LogP contribution in [0.2, 0.25) is 5.02 Å². The van der Waals surface area contributed by atoms with Crippen molar-refractivity contribution < 1.29 is 4.42 Å².